The second-order valence-electron chi connectivity index (χ2n) is 3.69. The van der Waals surface area contributed by atoms with Crippen LogP contribution in [-0.4, -0.2) is 14.9 Å². The zero-order valence-electron chi connectivity index (χ0n) is 9.74. The first kappa shape index (κ1) is 12.5. The van der Waals surface area contributed by atoms with Crippen LogP contribution in [0.5, 0.6) is 0 Å². The minimum atomic E-state index is -0.870. The third-order valence-corrected chi connectivity index (χ3v) is 2.36. The van der Waals surface area contributed by atoms with Gasteiger partial charge < -0.3 is 5.73 Å². The molecular weight excluding hydrogens is 248 g/mol. The van der Waals surface area contributed by atoms with Crippen LogP contribution in [-0.2, 0) is 0 Å². The summed E-state index contributed by atoms with van der Waals surface area (Å²) < 4.78 is 0. The first-order valence-corrected chi connectivity index (χ1v) is 5.35. The molecule has 0 fully saturated rings. The van der Waals surface area contributed by atoms with E-state index in [9.17, 15) is 14.9 Å². The van der Waals surface area contributed by atoms with E-state index >= 15 is 0 Å². The van der Waals surface area contributed by atoms with E-state index < -0.39 is 16.2 Å². The molecule has 7 nitrogen and oxygen atoms in total. The van der Waals surface area contributed by atoms with Crippen LogP contribution in [0.1, 0.15) is 11.3 Å². The van der Waals surface area contributed by atoms with Gasteiger partial charge in [0.25, 0.3) is 0 Å². The molecule has 3 N–H and O–H groups in total. The summed E-state index contributed by atoms with van der Waals surface area (Å²) >= 11 is 0. The first-order valence-electron chi connectivity index (χ1n) is 5.35. The van der Waals surface area contributed by atoms with Crippen molar-refractivity contribution < 1.29 is 4.92 Å². The Morgan fingerprint density at radius 2 is 1.95 bits per heavy atom. The van der Waals surface area contributed by atoms with Gasteiger partial charge in [0.15, 0.2) is 5.69 Å². The van der Waals surface area contributed by atoms with Crippen molar-refractivity contribution in [2.45, 2.75) is 0 Å². The van der Waals surface area contributed by atoms with Crippen molar-refractivity contribution in [2.24, 2.45) is 0 Å². The Labute approximate surface area is 107 Å². The lowest BCUT2D eigenvalue weighted by Crippen LogP contribution is -2.17. The van der Waals surface area contributed by atoms with Gasteiger partial charge >= 0.3 is 11.2 Å². The number of nitrogen functional groups attached to an aromatic ring is 1. The number of hydrogen-bond donors (Lipinski definition) is 2. The van der Waals surface area contributed by atoms with Crippen LogP contribution in [0, 0.1) is 10.1 Å². The largest absolute Gasteiger partial charge is 0.369 e. The number of aromatic amines is 1. The standard InChI is InChI=1S/C12H10N4O3/c13-12-14-9(10(16(18)19)11(17)15-12)7-6-8-4-2-1-3-5-8/h1-7H,(H3,13,14,15,17)/b7-6+. The van der Waals surface area contributed by atoms with Gasteiger partial charge in [0.2, 0.25) is 5.95 Å². The van der Waals surface area contributed by atoms with E-state index in [1.807, 2.05) is 30.3 Å². The van der Waals surface area contributed by atoms with Crippen molar-refractivity contribution in [3.8, 4) is 0 Å². The molecule has 0 radical (unpaired) electrons. The molecule has 1 aromatic heterocycles. The molecule has 0 amide bonds. The van der Waals surface area contributed by atoms with Crippen molar-refractivity contribution >= 4 is 23.8 Å². The maximum atomic E-state index is 11.5. The number of hydrogen-bond acceptors (Lipinski definition) is 5. The molecule has 0 aliphatic carbocycles. The van der Waals surface area contributed by atoms with Crippen molar-refractivity contribution in [2.75, 3.05) is 5.73 Å². The number of nitrogens with one attached hydrogen (secondary N) is 1. The summed E-state index contributed by atoms with van der Waals surface area (Å²) in [5.74, 6) is -0.164. The number of nitrogens with two attached hydrogens (primary N) is 1. The number of nitrogens with zero attached hydrogens (tertiary/aromatic N) is 2. The van der Waals surface area contributed by atoms with Crippen LogP contribution in [0.2, 0.25) is 0 Å². The summed E-state index contributed by atoms with van der Waals surface area (Å²) in [5, 5.41) is 10.8. The summed E-state index contributed by atoms with van der Waals surface area (Å²) in [4.78, 5) is 27.4. The first-order chi connectivity index (χ1) is 9.08. The number of aromatic nitrogens is 2. The van der Waals surface area contributed by atoms with E-state index in [1.165, 1.54) is 6.08 Å². The zero-order valence-corrected chi connectivity index (χ0v) is 9.74. The Morgan fingerprint density at radius 1 is 1.26 bits per heavy atom. The molecule has 2 rings (SSSR count). The van der Waals surface area contributed by atoms with Crippen LogP contribution < -0.4 is 11.3 Å². The third kappa shape index (κ3) is 2.83. The molecule has 2 aromatic rings. The highest BCUT2D eigenvalue weighted by molar-refractivity contribution is 5.72. The fourth-order valence-corrected chi connectivity index (χ4v) is 1.53. The van der Waals surface area contributed by atoms with Crippen molar-refractivity contribution in [1.82, 2.24) is 9.97 Å². The van der Waals surface area contributed by atoms with E-state index in [0.717, 1.165) is 5.56 Å². The SMILES string of the molecule is Nc1nc(/C=C/c2ccccc2)c([N+](=O)[O-])c(=O)[nH]1. The quantitative estimate of drug-likeness (QED) is 0.638. The molecule has 0 saturated carbocycles. The van der Waals surface area contributed by atoms with Crippen LogP contribution in [0.25, 0.3) is 12.2 Å². The van der Waals surface area contributed by atoms with Gasteiger partial charge in [0, 0.05) is 0 Å². The molecule has 0 unspecified atom stereocenters. The highest BCUT2D eigenvalue weighted by Crippen LogP contribution is 2.14. The van der Waals surface area contributed by atoms with Crippen molar-refractivity contribution in [1.29, 1.82) is 0 Å². The summed E-state index contributed by atoms with van der Waals surface area (Å²) in [6, 6.07) is 9.14. The average molecular weight is 258 g/mol. The molecule has 0 bridgehead atoms. The maximum Gasteiger partial charge on any atom is 0.359 e. The van der Waals surface area contributed by atoms with Gasteiger partial charge in [-0.1, -0.05) is 36.4 Å². The molecule has 1 aromatic carbocycles. The van der Waals surface area contributed by atoms with Gasteiger partial charge in [-0.05, 0) is 11.6 Å². The van der Waals surface area contributed by atoms with Gasteiger partial charge in [-0.2, -0.15) is 0 Å². The molecule has 96 valence electrons. The Morgan fingerprint density at radius 3 is 2.58 bits per heavy atom. The molecule has 19 heavy (non-hydrogen) atoms. The fourth-order valence-electron chi connectivity index (χ4n) is 1.53. The molecule has 0 atom stereocenters. The van der Waals surface area contributed by atoms with Crippen LogP contribution in [0.15, 0.2) is 35.1 Å². The fraction of sp³-hybridized carbons (Fsp3) is 0. The lowest BCUT2D eigenvalue weighted by atomic mass is 10.2. The Bertz CT molecular complexity index is 692. The minimum absolute atomic E-state index is 0.0740. The van der Waals surface area contributed by atoms with Crippen molar-refractivity contribution in [3.63, 3.8) is 0 Å². The van der Waals surface area contributed by atoms with Gasteiger partial charge in [-0.3, -0.25) is 19.9 Å². The lowest BCUT2D eigenvalue weighted by Gasteiger charge is -1.98. The minimum Gasteiger partial charge on any atom is -0.369 e. The Hall–Kier alpha value is -2.96. The molecule has 0 spiro atoms. The molecule has 1 heterocycles. The second kappa shape index (κ2) is 5.13. The summed E-state index contributed by atoms with van der Waals surface area (Å²) in [5.41, 5.74) is 4.64. The number of rotatable bonds is 3. The van der Waals surface area contributed by atoms with Crippen molar-refractivity contribution in [3.05, 3.63) is 62.1 Å². The van der Waals surface area contributed by atoms with E-state index in [-0.39, 0.29) is 11.6 Å². The van der Waals surface area contributed by atoms with Crippen LogP contribution in [0.3, 0.4) is 0 Å². The highest BCUT2D eigenvalue weighted by atomic mass is 16.6. The maximum absolute atomic E-state index is 11.5. The monoisotopic (exact) mass is 258 g/mol. The molecule has 0 aliphatic heterocycles. The van der Waals surface area contributed by atoms with E-state index in [2.05, 4.69) is 9.97 Å². The van der Waals surface area contributed by atoms with Gasteiger partial charge in [0.1, 0.15) is 0 Å². The van der Waals surface area contributed by atoms with Gasteiger partial charge in [-0.25, -0.2) is 4.98 Å². The predicted molar refractivity (Wildman–Crippen MR) is 71.3 cm³/mol. The third-order valence-electron chi connectivity index (χ3n) is 2.36. The van der Waals surface area contributed by atoms with Gasteiger partial charge in [0.05, 0.1) is 4.92 Å². The number of anilines is 1. The lowest BCUT2D eigenvalue weighted by molar-refractivity contribution is -0.386. The van der Waals surface area contributed by atoms with E-state index in [4.69, 9.17) is 5.73 Å². The number of nitro groups is 1. The summed E-state index contributed by atoms with van der Waals surface area (Å²) in [6.45, 7) is 0. The average Bonchev–Trinajstić information content (AvgIpc) is 2.36. The topological polar surface area (TPSA) is 115 Å². The normalized spacial score (nSPS) is 10.7. The number of benzene rings is 1. The Kier molecular flexibility index (Phi) is 3.37. The van der Waals surface area contributed by atoms with Crippen LogP contribution in [0.4, 0.5) is 11.6 Å². The summed E-state index contributed by atoms with van der Waals surface area (Å²) in [7, 11) is 0. The Balaban J connectivity index is 2.48. The second-order valence-corrected chi connectivity index (χ2v) is 3.69. The summed E-state index contributed by atoms with van der Waals surface area (Å²) in [6.07, 6.45) is 3.01. The van der Waals surface area contributed by atoms with Crippen LogP contribution >= 0.6 is 0 Å². The number of H-pyrrole nitrogens is 1. The predicted octanol–water partition coefficient (Wildman–Crippen LogP) is 1.43. The smallest absolute Gasteiger partial charge is 0.359 e. The molecular formula is C12H10N4O3. The van der Waals surface area contributed by atoms with Gasteiger partial charge in [-0.15, -0.1) is 0 Å². The molecule has 0 saturated heterocycles. The molecule has 7 heteroatoms. The van der Waals surface area contributed by atoms with E-state index in [0.29, 0.717) is 0 Å². The zero-order chi connectivity index (χ0) is 13.8. The van der Waals surface area contributed by atoms with E-state index in [1.54, 1.807) is 6.08 Å². The highest BCUT2D eigenvalue weighted by Gasteiger charge is 2.19. The molecule has 0 aliphatic rings.